The van der Waals surface area contributed by atoms with Crippen molar-refractivity contribution in [2.75, 3.05) is 7.11 Å². The number of nitrogens with zero attached hydrogens (tertiary/aromatic N) is 3. The van der Waals surface area contributed by atoms with Crippen LogP contribution in [0.1, 0.15) is 0 Å². The number of benzene rings is 2. The molecule has 0 saturated carbocycles. The zero-order valence-electron chi connectivity index (χ0n) is 11.8. The molecular formula is C14H10ClN3O4S. The molecule has 3 rings (SSSR count). The van der Waals surface area contributed by atoms with Gasteiger partial charge in [-0.05, 0) is 41.2 Å². The lowest BCUT2D eigenvalue weighted by molar-refractivity contribution is -0.647. The van der Waals surface area contributed by atoms with Crippen molar-refractivity contribution in [3.05, 3.63) is 52.7 Å². The fourth-order valence-electron chi connectivity index (χ4n) is 1.98. The van der Waals surface area contributed by atoms with Gasteiger partial charge in [0.2, 0.25) is 9.84 Å². The molecule has 0 aliphatic rings. The van der Waals surface area contributed by atoms with Gasteiger partial charge in [-0.15, -0.1) is 0 Å². The molecule has 0 unspecified atom stereocenters. The Morgan fingerprint density at radius 3 is 2.52 bits per heavy atom. The molecular weight excluding hydrogens is 342 g/mol. The van der Waals surface area contributed by atoms with E-state index in [0.29, 0.717) is 10.8 Å². The molecule has 3 aromatic rings. The van der Waals surface area contributed by atoms with Crippen molar-refractivity contribution in [1.82, 2.24) is 10.1 Å². The minimum Gasteiger partial charge on any atom is -0.594 e. The highest BCUT2D eigenvalue weighted by atomic mass is 35.5. The summed E-state index contributed by atoms with van der Waals surface area (Å²) in [6, 6.07) is 10.1. The number of rotatable bonds is 3. The van der Waals surface area contributed by atoms with Crippen molar-refractivity contribution in [3.63, 3.8) is 0 Å². The maximum absolute atomic E-state index is 12.6. The van der Waals surface area contributed by atoms with Gasteiger partial charge in [0.25, 0.3) is 5.52 Å². The van der Waals surface area contributed by atoms with Gasteiger partial charge in [0.1, 0.15) is 11.3 Å². The van der Waals surface area contributed by atoms with Crippen LogP contribution in [0.2, 0.25) is 5.02 Å². The summed E-state index contributed by atoms with van der Waals surface area (Å²) in [5, 5.41) is 15.2. The van der Waals surface area contributed by atoms with Crippen LogP contribution >= 0.6 is 11.6 Å². The number of halogens is 1. The van der Waals surface area contributed by atoms with Crippen molar-refractivity contribution >= 4 is 32.5 Å². The van der Waals surface area contributed by atoms with Crippen molar-refractivity contribution in [2.24, 2.45) is 0 Å². The van der Waals surface area contributed by atoms with Crippen LogP contribution in [0.25, 0.3) is 11.0 Å². The van der Waals surface area contributed by atoms with Crippen LogP contribution in [0.15, 0.2) is 52.5 Å². The predicted molar refractivity (Wildman–Crippen MR) is 82.0 cm³/mol. The lowest BCUT2D eigenvalue weighted by atomic mass is 10.3. The number of ether oxygens (including phenoxy) is 1. The summed E-state index contributed by atoms with van der Waals surface area (Å²) >= 11 is 5.81. The molecule has 0 bridgehead atoms. The van der Waals surface area contributed by atoms with Crippen LogP contribution in [-0.2, 0) is 9.84 Å². The summed E-state index contributed by atoms with van der Waals surface area (Å²) in [5.41, 5.74) is 0.276. The zero-order valence-corrected chi connectivity index (χ0v) is 13.4. The van der Waals surface area contributed by atoms with Crippen molar-refractivity contribution in [2.45, 2.75) is 10.1 Å². The highest BCUT2D eigenvalue weighted by molar-refractivity contribution is 7.91. The summed E-state index contributed by atoms with van der Waals surface area (Å²) in [5.74, 6) is 0.511. The van der Waals surface area contributed by atoms with Gasteiger partial charge in [-0.1, -0.05) is 11.6 Å². The van der Waals surface area contributed by atoms with Crippen molar-refractivity contribution < 1.29 is 18.0 Å². The molecule has 9 heteroatoms. The van der Waals surface area contributed by atoms with Crippen LogP contribution in [0, 0.1) is 5.21 Å². The van der Waals surface area contributed by atoms with Crippen LogP contribution in [-0.4, -0.2) is 25.6 Å². The topological polar surface area (TPSA) is 96.1 Å². The summed E-state index contributed by atoms with van der Waals surface area (Å²) in [6.45, 7) is 0. The van der Waals surface area contributed by atoms with Crippen LogP contribution in [0.5, 0.6) is 5.75 Å². The molecule has 118 valence electrons. The third kappa shape index (κ3) is 2.78. The van der Waals surface area contributed by atoms with Crippen LogP contribution in [0.4, 0.5) is 0 Å². The molecule has 1 aromatic heterocycles. The molecule has 2 aromatic carbocycles. The molecule has 0 saturated heterocycles. The Bertz CT molecular complexity index is 991. The normalized spacial score (nSPS) is 11.6. The van der Waals surface area contributed by atoms with Gasteiger partial charge in [0.15, 0.2) is 0 Å². The lowest BCUT2D eigenvalue weighted by Gasteiger charge is -2.05. The Balaban J connectivity index is 2.16. The van der Waals surface area contributed by atoms with Crippen molar-refractivity contribution in [1.29, 1.82) is 0 Å². The van der Waals surface area contributed by atoms with Gasteiger partial charge in [-0.25, -0.2) is 13.4 Å². The quantitative estimate of drug-likeness (QED) is 0.527. The zero-order chi connectivity index (χ0) is 16.6. The first kappa shape index (κ1) is 15.4. The van der Waals surface area contributed by atoms with Gasteiger partial charge in [-0.3, -0.25) is 0 Å². The minimum absolute atomic E-state index is 0.0355. The van der Waals surface area contributed by atoms with Gasteiger partial charge in [0.05, 0.1) is 12.0 Å². The van der Waals surface area contributed by atoms with E-state index in [1.54, 1.807) is 0 Å². The Labute approximate surface area is 136 Å². The molecule has 0 aliphatic carbocycles. The first-order valence-corrected chi connectivity index (χ1v) is 8.24. The molecule has 0 spiro atoms. The van der Waals surface area contributed by atoms with Crippen molar-refractivity contribution in [3.8, 4) is 5.75 Å². The molecule has 0 N–H and O–H groups in total. The van der Waals surface area contributed by atoms with Gasteiger partial charge >= 0.3 is 5.16 Å². The summed E-state index contributed by atoms with van der Waals surface area (Å²) < 4.78 is 30.1. The first-order chi connectivity index (χ1) is 10.9. The van der Waals surface area contributed by atoms with Gasteiger partial charge in [0, 0.05) is 16.2 Å². The number of methoxy groups -OCH3 is 1. The van der Waals surface area contributed by atoms with E-state index in [1.807, 2.05) is 0 Å². The Hall–Kier alpha value is -2.45. The Morgan fingerprint density at radius 2 is 1.87 bits per heavy atom. The van der Waals surface area contributed by atoms with E-state index in [1.165, 1.54) is 49.6 Å². The number of sulfone groups is 1. The minimum atomic E-state index is -4.02. The largest absolute Gasteiger partial charge is 0.594 e. The summed E-state index contributed by atoms with van der Waals surface area (Å²) in [6.07, 6.45) is 0. The fourth-order valence-corrected chi connectivity index (χ4v) is 3.25. The van der Waals surface area contributed by atoms with Crippen LogP contribution < -0.4 is 9.58 Å². The third-order valence-electron chi connectivity index (χ3n) is 3.15. The monoisotopic (exact) mass is 351 g/mol. The van der Waals surface area contributed by atoms with E-state index in [0.717, 1.165) is 0 Å². The van der Waals surface area contributed by atoms with E-state index < -0.39 is 15.0 Å². The summed E-state index contributed by atoms with van der Waals surface area (Å²) in [7, 11) is -2.55. The molecule has 23 heavy (non-hydrogen) atoms. The molecule has 0 fully saturated rings. The molecule has 7 nitrogen and oxygen atoms in total. The molecule has 0 atom stereocenters. The Kier molecular flexibility index (Phi) is 3.78. The first-order valence-electron chi connectivity index (χ1n) is 6.38. The maximum atomic E-state index is 12.6. The molecule has 1 heterocycles. The standard InChI is InChI=1S/C14H10ClN3O4S/c1-22-10-3-5-11(6-4-10)23(20,21)14-16-12-7-2-9(15)8-13(12)18(19)17-14/h2-8H,1H3. The molecule has 0 radical (unpaired) electrons. The van der Waals surface area contributed by atoms with Gasteiger partial charge < -0.3 is 9.94 Å². The van der Waals surface area contributed by atoms with E-state index >= 15 is 0 Å². The van der Waals surface area contributed by atoms with Gasteiger partial charge in [-0.2, -0.15) is 0 Å². The van der Waals surface area contributed by atoms with E-state index in [2.05, 4.69) is 10.1 Å². The molecule has 0 amide bonds. The average Bonchev–Trinajstić information content (AvgIpc) is 2.55. The third-order valence-corrected chi connectivity index (χ3v) is 4.93. The number of hydrogen-bond donors (Lipinski definition) is 0. The second-order valence-corrected chi connectivity index (χ2v) is 6.86. The smallest absolute Gasteiger partial charge is 0.319 e. The average molecular weight is 352 g/mol. The molecule has 0 aliphatic heterocycles. The maximum Gasteiger partial charge on any atom is 0.319 e. The SMILES string of the molecule is COc1ccc(S(=O)(=O)c2nc3ccc(Cl)cc3[n+]([O-])n2)cc1. The van der Waals surface area contributed by atoms with E-state index in [4.69, 9.17) is 16.3 Å². The van der Waals surface area contributed by atoms with E-state index in [9.17, 15) is 13.6 Å². The van der Waals surface area contributed by atoms with Crippen LogP contribution in [0.3, 0.4) is 0 Å². The highest BCUT2D eigenvalue weighted by Gasteiger charge is 2.26. The second-order valence-electron chi connectivity index (χ2n) is 4.58. The fraction of sp³-hybridized carbons (Fsp3) is 0.0714. The summed E-state index contributed by atoms with van der Waals surface area (Å²) in [4.78, 5) is 4.12. The van der Waals surface area contributed by atoms with E-state index in [-0.39, 0.29) is 20.8 Å². The highest BCUT2D eigenvalue weighted by Crippen LogP contribution is 2.22. The predicted octanol–water partition coefficient (Wildman–Crippen LogP) is 1.76. The Morgan fingerprint density at radius 1 is 1.17 bits per heavy atom. The number of fused-ring (bicyclic) bond motifs is 1. The second kappa shape index (κ2) is 5.64. The number of hydrogen-bond acceptors (Lipinski definition) is 6. The number of aromatic nitrogens is 3. The lowest BCUT2D eigenvalue weighted by Crippen LogP contribution is -2.34.